The van der Waals surface area contributed by atoms with Crippen LogP contribution in [0.2, 0.25) is 0 Å². The highest BCUT2D eigenvalue weighted by Crippen LogP contribution is 2.18. The molecule has 1 atom stereocenters. The topological polar surface area (TPSA) is 72.5 Å². The maximum absolute atomic E-state index is 12.5. The number of rotatable bonds is 6. The van der Waals surface area contributed by atoms with Gasteiger partial charge in [0.2, 0.25) is 0 Å². The average Bonchev–Trinajstić information content (AvgIpc) is 2.39. The van der Waals surface area contributed by atoms with E-state index in [1.165, 1.54) is 0 Å². The van der Waals surface area contributed by atoms with E-state index in [0.29, 0.717) is 12.8 Å². The zero-order valence-corrected chi connectivity index (χ0v) is 12.9. The summed E-state index contributed by atoms with van der Waals surface area (Å²) in [5.41, 5.74) is 0.981. The maximum atomic E-state index is 12.5. The molecule has 1 aromatic carbocycles. The number of sulfone groups is 1. The molecule has 0 fully saturated rings. The van der Waals surface area contributed by atoms with Gasteiger partial charge < -0.3 is 10.1 Å². The summed E-state index contributed by atoms with van der Waals surface area (Å²) < 4.78 is 29.8. The number of ether oxygens (including phenoxy) is 1. The van der Waals surface area contributed by atoms with Crippen molar-refractivity contribution in [2.75, 3.05) is 6.61 Å². The molecule has 1 N–H and O–H groups in total. The number of amides is 1. The van der Waals surface area contributed by atoms with Gasteiger partial charge in [-0.05, 0) is 32.4 Å². The Kier molecular flexibility index (Phi) is 6.01. The summed E-state index contributed by atoms with van der Waals surface area (Å²) in [6, 6.07) is 6.58. The molecular formula is C14H21NO4S. The number of carbonyl (C=O) groups excluding carboxylic acids is 1. The quantitative estimate of drug-likeness (QED) is 0.876. The molecule has 1 unspecified atom stereocenters. The minimum atomic E-state index is -3.61. The van der Waals surface area contributed by atoms with Crippen LogP contribution in [0.25, 0.3) is 0 Å². The number of benzene rings is 1. The lowest BCUT2D eigenvalue weighted by molar-refractivity contribution is 0.150. The van der Waals surface area contributed by atoms with Crippen LogP contribution < -0.4 is 5.32 Å². The predicted octanol–water partition coefficient (Wildman–Crippen LogP) is 2.64. The van der Waals surface area contributed by atoms with Gasteiger partial charge in [0, 0.05) is 0 Å². The molecular weight excluding hydrogens is 278 g/mol. The summed E-state index contributed by atoms with van der Waals surface area (Å²) in [6.07, 6.45) is 0.277. The lowest BCUT2D eigenvalue weighted by Gasteiger charge is -2.18. The van der Waals surface area contributed by atoms with Crippen molar-refractivity contribution in [3.63, 3.8) is 0 Å². The average molecular weight is 299 g/mol. The first-order chi connectivity index (χ1) is 9.41. The monoisotopic (exact) mass is 299 g/mol. The lowest BCUT2D eigenvalue weighted by atomic mass is 10.2. The van der Waals surface area contributed by atoms with Crippen LogP contribution in [-0.4, -0.2) is 26.5 Å². The van der Waals surface area contributed by atoms with Crippen molar-refractivity contribution in [2.45, 2.75) is 43.9 Å². The molecule has 6 heteroatoms. The molecule has 0 aliphatic rings. The SMILES string of the molecule is CCCC(NC(=O)OCC)S(=O)(=O)c1ccc(C)cc1. The molecule has 0 aromatic heterocycles. The van der Waals surface area contributed by atoms with Crippen molar-refractivity contribution in [1.82, 2.24) is 5.32 Å². The highest BCUT2D eigenvalue weighted by molar-refractivity contribution is 7.92. The van der Waals surface area contributed by atoms with Crippen molar-refractivity contribution in [3.05, 3.63) is 29.8 Å². The van der Waals surface area contributed by atoms with Gasteiger partial charge in [-0.15, -0.1) is 0 Å². The number of hydrogen-bond acceptors (Lipinski definition) is 4. The largest absolute Gasteiger partial charge is 0.450 e. The van der Waals surface area contributed by atoms with Crippen LogP contribution in [-0.2, 0) is 14.6 Å². The first kappa shape index (κ1) is 16.5. The van der Waals surface area contributed by atoms with Crippen LogP contribution in [0, 0.1) is 6.92 Å². The molecule has 0 saturated carbocycles. The van der Waals surface area contributed by atoms with E-state index in [9.17, 15) is 13.2 Å². The zero-order chi connectivity index (χ0) is 15.2. The third kappa shape index (κ3) is 4.23. The van der Waals surface area contributed by atoms with Crippen LogP contribution in [0.3, 0.4) is 0 Å². The smallest absolute Gasteiger partial charge is 0.408 e. The van der Waals surface area contributed by atoms with Gasteiger partial charge in [-0.3, -0.25) is 0 Å². The molecule has 5 nitrogen and oxygen atoms in total. The Hall–Kier alpha value is -1.56. The summed E-state index contributed by atoms with van der Waals surface area (Å²) >= 11 is 0. The summed E-state index contributed by atoms with van der Waals surface area (Å²) in [5.74, 6) is 0. The van der Waals surface area contributed by atoms with Crippen molar-refractivity contribution in [1.29, 1.82) is 0 Å². The number of aryl methyl sites for hydroxylation is 1. The van der Waals surface area contributed by atoms with E-state index in [1.807, 2.05) is 13.8 Å². The van der Waals surface area contributed by atoms with Gasteiger partial charge in [0.15, 0.2) is 9.84 Å². The fourth-order valence-electron chi connectivity index (χ4n) is 1.76. The van der Waals surface area contributed by atoms with Crippen LogP contribution in [0.1, 0.15) is 32.3 Å². The number of hydrogen-bond donors (Lipinski definition) is 1. The first-order valence-electron chi connectivity index (χ1n) is 6.65. The standard InChI is InChI=1S/C14H21NO4S/c1-4-6-13(15-14(16)19-5-2)20(17,18)12-9-7-11(3)8-10-12/h7-10,13H,4-6H2,1-3H3,(H,15,16). The fourth-order valence-corrected chi connectivity index (χ4v) is 3.40. The van der Waals surface area contributed by atoms with Crippen LogP contribution >= 0.6 is 0 Å². The van der Waals surface area contributed by atoms with E-state index in [1.54, 1.807) is 31.2 Å². The van der Waals surface area contributed by atoms with Gasteiger partial charge in [0.05, 0.1) is 11.5 Å². The highest BCUT2D eigenvalue weighted by Gasteiger charge is 2.28. The number of carbonyl (C=O) groups is 1. The van der Waals surface area contributed by atoms with E-state index in [-0.39, 0.29) is 11.5 Å². The summed E-state index contributed by atoms with van der Waals surface area (Å²) in [6.45, 7) is 5.62. The molecule has 0 aliphatic carbocycles. The molecule has 0 radical (unpaired) electrons. The lowest BCUT2D eigenvalue weighted by Crippen LogP contribution is -2.41. The van der Waals surface area contributed by atoms with Crippen molar-refractivity contribution >= 4 is 15.9 Å². The van der Waals surface area contributed by atoms with Crippen molar-refractivity contribution in [2.24, 2.45) is 0 Å². The molecule has 0 saturated heterocycles. The predicted molar refractivity (Wildman–Crippen MR) is 77.2 cm³/mol. The third-order valence-electron chi connectivity index (χ3n) is 2.83. The minimum absolute atomic E-state index is 0.204. The van der Waals surface area contributed by atoms with Crippen LogP contribution in [0.5, 0.6) is 0 Å². The first-order valence-corrected chi connectivity index (χ1v) is 8.20. The highest BCUT2D eigenvalue weighted by atomic mass is 32.2. The molecule has 1 rings (SSSR count). The summed E-state index contributed by atoms with van der Waals surface area (Å²) in [7, 11) is -3.61. The minimum Gasteiger partial charge on any atom is -0.450 e. The van der Waals surface area contributed by atoms with E-state index in [4.69, 9.17) is 4.74 Å². The zero-order valence-electron chi connectivity index (χ0n) is 12.0. The third-order valence-corrected chi connectivity index (χ3v) is 4.86. The van der Waals surface area contributed by atoms with E-state index in [0.717, 1.165) is 5.56 Å². The fraction of sp³-hybridized carbons (Fsp3) is 0.500. The Balaban J connectivity index is 2.99. The van der Waals surface area contributed by atoms with Crippen LogP contribution in [0.4, 0.5) is 4.79 Å². The molecule has 0 aliphatic heterocycles. The van der Waals surface area contributed by atoms with Gasteiger partial charge in [0.25, 0.3) is 0 Å². The normalized spacial score (nSPS) is 12.8. The van der Waals surface area contributed by atoms with Gasteiger partial charge in [-0.25, -0.2) is 13.2 Å². The molecule has 1 amide bonds. The molecule has 1 aromatic rings. The Morgan fingerprint density at radius 3 is 2.35 bits per heavy atom. The van der Waals surface area contributed by atoms with E-state index in [2.05, 4.69) is 5.32 Å². The van der Waals surface area contributed by atoms with Crippen molar-refractivity contribution < 1.29 is 17.9 Å². The van der Waals surface area contributed by atoms with Gasteiger partial charge in [-0.1, -0.05) is 31.0 Å². The molecule has 0 heterocycles. The van der Waals surface area contributed by atoms with E-state index >= 15 is 0 Å². The second kappa shape index (κ2) is 7.28. The van der Waals surface area contributed by atoms with E-state index < -0.39 is 21.3 Å². The Morgan fingerprint density at radius 2 is 1.85 bits per heavy atom. The number of nitrogens with one attached hydrogen (secondary N) is 1. The van der Waals surface area contributed by atoms with Gasteiger partial charge in [-0.2, -0.15) is 0 Å². The molecule has 0 bridgehead atoms. The second-order valence-electron chi connectivity index (χ2n) is 4.50. The maximum Gasteiger partial charge on any atom is 0.408 e. The van der Waals surface area contributed by atoms with Gasteiger partial charge in [0.1, 0.15) is 5.37 Å². The molecule has 112 valence electrons. The Morgan fingerprint density at radius 1 is 1.25 bits per heavy atom. The number of alkyl carbamates (subject to hydrolysis) is 1. The molecule has 0 spiro atoms. The Bertz CT molecular complexity index is 537. The van der Waals surface area contributed by atoms with Crippen molar-refractivity contribution in [3.8, 4) is 0 Å². The van der Waals surface area contributed by atoms with Crippen LogP contribution in [0.15, 0.2) is 29.2 Å². The summed E-state index contributed by atoms with van der Waals surface area (Å²) in [5, 5.41) is 1.46. The Labute approximate surface area is 120 Å². The second-order valence-corrected chi connectivity index (χ2v) is 6.63. The summed E-state index contributed by atoms with van der Waals surface area (Å²) in [4.78, 5) is 11.7. The van der Waals surface area contributed by atoms with Gasteiger partial charge >= 0.3 is 6.09 Å². The molecule has 20 heavy (non-hydrogen) atoms.